The lowest BCUT2D eigenvalue weighted by Gasteiger charge is -1.98. The summed E-state index contributed by atoms with van der Waals surface area (Å²) in [4.78, 5) is 8.80. The molecule has 1 aromatic heterocycles. The zero-order valence-corrected chi connectivity index (χ0v) is 12.7. The summed E-state index contributed by atoms with van der Waals surface area (Å²) in [5, 5.41) is 2.57. The Morgan fingerprint density at radius 2 is 1.82 bits per heavy atom. The first-order valence-electron chi connectivity index (χ1n) is 6.64. The number of aliphatic imine (C=N–C) groups is 1. The molecule has 110 valence electrons. The number of benzene rings is 2. The maximum atomic E-state index is 12.9. The summed E-state index contributed by atoms with van der Waals surface area (Å²) in [5.41, 5.74) is 2.65. The molecule has 0 saturated heterocycles. The van der Waals surface area contributed by atoms with E-state index < -0.39 is 0 Å². The molecule has 0 fully saturated rings. The van der Waals surface area contributed by atoms with Crippen LogP contribution in [0.2, 0.25) is 0 Å². The summed E-state index contributed by atoms with van der Waals surface area (Å²) in [6.07, 6.45) is 1.76. The predicted octanol–water partition coefficient (Wildman–Crippen LogP) is 4.71. The Morgan fingerprint density at radius 1 is 1.09 bits per heavy atom. The van der Waals surface area contributed by atoms with Gasteiger partial charge in [-0.15, -0.1) is 11.3 Å². The lowest BCUT2D eigenvalue weighted by atomic mass is 10.2. The number of halogens is 1. The summed E-state index contributed by atoms with van der Waals surface area (Å²) in [7, 11) is 1.63. The van der Waals surface area contributed by atoms with E-state index in [4.69, 9.17) is 4.74 Å². The third-order valence-electron chi connectivity index (χ3n) is 3.07. The monoisotopic (exact) mass is 312 g/mol. The van der Waals surface area contributed by atoms with E-state index in [2.05, 4.69) is 9.98 Å². The Labute approximate surface area is 131 Å². The van der Waals surface area contributed by atoms with Crippen LogP contribution in [0, 0.1) is 5.82 Å². The van der Waals surface area contributed by atoms with Crippen molar-refractivity contribution in [3.63, 3.8) is 0 Å². The highest BCUT2D eigenvalue weighted by Crippen LogP contribution is 2.26. The molecule has 3 rings (SSSR count). The Balaban J connectivity index is 1.75. The van der Waals surface area contributed by atoms with Crippen LogP contribution in [0.5, 0.6) is 5.75 Å². The number of aromatic nitrogens is 1. The lowest BCUT2D eigenvalue weighted by molar-refractivity contribution is 0.415. The van der Waals surface area contributed by atoms with Gasteiger partial charge in [0.05, 0.1) is 12.8 Å². The standard InChI is InChI=1S/C17H13FN2OS/c1-21-15-8-2-12(3-9-15)10-19-17-20-16(11-22-17)13-4-6-14(18)7-5-13/h2-11H,1H3. The van der Waals surface area contributed by atoms with Crippen LogP contribution in [0.15, 0.2) is 58.9 Å². The summed E-state index contributed by atoms with van der Waals surface area (Å²) < 4.78 is 18.0. The maximum Gasteiger partial charge on any atom is 0.209 e. The fourth-order valence-electron chi connectivity index (χ4n) is 1.90. The fraction of sp³-hybridized carbons (Fsp3) is 0.0588. The normalized spacial score (nSPS) is 11.0. The van der Waals surface area contributed by atoms with Gasteiger partial charge in [0.25, 0.3) is 0 Å². The van der Waals surface area contributed by atoms with Gasteiger partial charge >= 0.3 is 0 Å². The molecule has 0 bridgehead atoms. The minimum atomic E-state index is -0.253. The molecule has 0 atom stereocenters. The summed E-state index contributed by atoms with van der Waals surface area (Å²) >= 11 is 1.45. The van der Waals surface area contributed by atoms with Crippen LogP contribution in [-0.2, 0) is 0 Å². The van der Waals surface area contributed by atoms with Crippen LogP contribution < -0.4 is 4.74 Å². The van der Waals surface area contributed by atoms with Crippen LogP contribution in [0.4, 0.5) is 9.52 Å². The smallest absolute Gasteiger partial charge is 0.209 e. The number of thiazole rings is 1. The number of hydrogen-bond donors (Lipinski definition) is 0. The highest BCUT2D eigenvalue weighted by molar-refractivity contribution is 7.13. The number of nitrogens with zero attached hydrogens (tertiary/aromatic N) is 2. The van der Waals surface area contributed by atoms with Crippen molar-refractivity contribution in [3.8, 4) is 17.0 Å². The van der Waals surface area contributed by atoms with Gasteiger partial charge < -0.3 is 4.74 Å². The highest BCUT2D eigenvalue weighted by Gasteiger charge is 2.03. The van der Waals surface area contributed by atoms with Crippen molar-refractivity contribution in [2.45, 2.75) is 0 Å². The molecule has 1 heterocycles. The number of ether oxygens (including phenoxy) is 1. The molecule has 0 amide bonds. The van der Waals surface area contributed by atoms with E-state index in [0.29, 0.717) is 5.13 Å². The molecular formula is C17H13FN2OS. The Hall–Kier alpha value is -2.53. The van der Waals surface area contributed by atoms with Crippen LogP contribution in [0.1, 0.15) is 5.56 Å². The quantitative estimate of drug-likeness (QED) is 0.654. The molecule has 2 aromatic carbocycles. The molecule has 0 aliphatic heterocycles. The van der Waals surface area contributed by atoms with Gasteiger partial charge in [0.15, 0.2) is 0 Å². The minimum Gasteiger partial charge on any atom is -0.497 e. The largest absolute Gasteiger partial charge is 0.497 e. The second-order valence-corrected chi connectivity index (χ2v) is 5.39. The van der Waals surface area contributed by atoms with Crippen molar-refractivity contribution in [1.82, 2.24) is 4.98 Å². The number of methoxy groups -OCH3 is 1. The average molecular weight is 312 g/mol. The molecule has 3 nitrogen and oxygen atoms in total. The van der Waals surface area contributed by atoms with Crippen molar-refractivity contribution in [2.75, 3.05) is 7.11 Å². The predicted molar refractivity (Wildman–Crippen MR) is 87.8 cm³/mol. The molecule has 0 unspecified atom stereocenters. The highest BCUT2D eigenvalue weighted by atomic mass is 32.1. The molecule has 22 heavy (non-hydrogen) atoms. The summed E-state index contributed by atoms with van der Waals surface area (Å²) in [5.74, 6) is 0.557. The first-order valence-corrected chi connectivity index (χ1v) is 7.52. The van der Waals surface area contributed by atoms with E-state index in [1.54, 1.807) is 25.5 Å². The average Bonchev–Trinajstić information content (AvgIpc) is 3.03. The van der Waals surface area contributed by atoms with Crippen LogP contribution in [0.3, 0.4) is 0 Å². The number of hydrogen-bond acceptors (Lipinski definition) is 4. The van der Waals surface area contributed by atoms with Gasteiger partial charge in [0.2, 0.25) is 5.13 Å². The van der Waals surface area contributed by atoms with Crippen LogP contribution in [-0.4, -0.2) is 18.3 Å². The topological polar surface area (TPSA) is 34.5 Å². The second-order valence-electron chi connectivity index (χ2n) is 4.55. The second kappa shape index (κ2) is 6.49. The van der Waals surface area contributed by atoms with Gasteiger partial charge in [0.1, 0.15) is 11.6 Å². The fourth-order valence-corrected chi connectivity index (χ4v) is 2.57. The molecule has 0 aliphatic carbocycles. The molecule has 0 saturated carbocycles. The van der Waals surface area contributed by atoms with E-state index in [-0.39, 0.29) is 5.82 Å². The van der Waals surface area contributed by atoms with Crippen molar-refractivity contribution in [1.29, 1.82) is 0 Å². The van der Waals surface area contributed by atoms with Gasteiger partial charge in [-0.1, -0.05) is 0 Å². The molecular weight excluding hydrogens is 299 g/mol. The van der Waals surface area contributed by atoms with Gasteiger partial charge in [0, 0.05) is 17.2 Å². The van der Waals surface area contributed by atoms with Gasteiger partial charge in [-0.2, -0.15) is 0 Å². The molecule has 5 heteroatoms. The van der Waals surface area contributed by atoms with E-state index in [0.717, 1.165) is 22.6 Å². The van der Waals surface area contributed by atoms with Crippen molar-refractivity contribution in [3.05, 3.63) is 65.3 Å². The van der Waals surface area contributed by atoms with E-state index in [1.165, 1.54) is 23.5 Å². The van der Waals surface area contributed by atoms with E-state index in [1.807, 2.05) is 29.6 Å². The number of rotatable bonds is 4. The molecule has 3 aromatic rings. The van der Waals surface area contributed by atoms with E-state index >= 15 is 0 Å². The Morgan fingerprint density at radius 3 is 2.50 bits per heavy atom. The van der Waals surface area contributed by atoms with Crippen LogP contribution >= 0.6 is 11.3 Å². The molecule has 0 N–H and O–H groups in total. The van der Waals surface area contributed by atoms with Crippen LogP contribution in [0.25, 0.3) is 11.3 Å². The zero-order valence-electron chi connectivity index (χ0n) is 11.9. The van der Waals surface area contributed by atoms with Crippen molar-refractivity contribution in [2.24, 2.45) is 4.99 Å². The Bertz CT molecular complexity index is 779. The summed E-state index contributed by atoms with van der Waals surface area (Å²) in [6, 6.07) is 13.9. The Kier molecular flexibility index (Phi) is 4.25. The third kappa shape index (κ3) is 3.38. The third-order valence-corrected chi connectivity index (χ3v) is 3.82. The SMILES string of the molecule is COc1ccc(C=Nc2nc(-c3ccc(F)cc3)cs2)cc1. The van der Waals surface area contributed by atoms with Gasteiger partial charge in [-0.25, -0.2) is 14.4 Å². The molecule has 0 spiro atoms. The zero-order chi connectivity index (χ0) is 15.4. The van der Waals surface area contributed by atoms with Crippen molar-refractivity contribution < 1.29 is 9.13 Å². The minimum absolute atomic E-state index is 0.253. The molecule has 0 aliphatic rings. The first-order chi connectivity index (χ1) is 10.7. The van der Waals surface area contributed by atoms with Gasteiger partial charge in [-0.3, -0.25) is 0 Å². The van der Waals surface area contributed by atoms with Gasteiger partial charge in [-0.05, 0) is 54.1 Å². The summed E-state index contributed by atoms with van der Waals surface area (Å²) in [6.45, 7) is 0. The van der Waals surface area contributed by atoms with Crippen molar-refractivity contribution >= 4 is 22.7 Å². The maximum absolute atomic E-state index is 12.9. The molecule has 0 radical (unpaired) electrons. The van der Waals surface area contributed by atoms with E-state index in [9.17, 15) is 4.39 Å². The lowest BCUT2D eigenvalue weighted by Crippen LogP contribution is -1.84. The first kappa shape index (κ1) is 14.4.